The van der Waals surface area contributed by atoms with Gasteiger partial charge in [0.15, 0.2) is 6.61 Å². The number of carboxylic acids is 2. The number of hydrogen-bond acceptors (Lipinski definition) is 5. The van der Waals surface area contributed by atoms with Gasteiger partial charge in [0.25, 0.3) is 5.91 Å². The van der Waals surface area contributed by atoms with E-state index in [0.717, 1.165) is 48.5 Å². The first-order chi connectivity index (χ1) is 14.7. The third-order valence-electron chi connectivity index (χ3n) is 4.56. The van der Waals surface area contributed by atoms with Crippen molar-refractivity contribution in [1.29, 1.82) is 0 Å². The molecule has 3 rings (SSSR count). The fourth-order valence-electron chi connectivity index (χ4n) is 2.99. The minimum absolute atomic E-state index is 0.0589. The highest BCUT2D eigenvalue weighted by Gasteiger charge is 2.21. The van der Waals surface area contributed by atoms with Gasteiger partial charge in [-0.25, -0.2) is 9.59 Å². The standard InChI is InChI=1S/C20H23BrN2O2.C2H2O4/c1-16-4-2-7-19(12-16)25-15-20(24)23-10-8-22(9-11-23)14-17-5-3-6-18(21)13-17;3-1(4)2(5)6/h2-7,12-13H,8-11,14-15H2,1H3;(H,3,4)(H,5,6). The van der Waals surface area contributed by atoms with E-state index in [1.165, 1.54) is 5.56 Å². The van der Waals surface area contributed by atoms with E-state index in [0.29, 0.717) is 0 Å². The van der Waals surface area contributed by atoms with E-state index in [9.17, 15) is 4.79 Å². The van der Waals surface area contributed by atoms with Crippen molar-refractivity contribution in [2.24, 2.45) is 0 Å². The highest BCUT2D eigenvalue weighted by Crippen LogP contribution is 2.15. The average molecular weight is 493 g/mol. The number of halogens is 1. The summed E-state index contributed by atoms with van der Waals surface area (Å²) in [7, 11) is 0. The number of nitrogens with zero attached hydrogens (tertiary/aromatic N) is 2. The van der Waals surface area contributed by atoms with Gasteiger partial charge in [-0.1, -0.05) is 40.2 Å². The summed E-state index contributed by atoms with van der Waals surface area (Å²) in [6.45, 7) is 6.33. The van der Waals surface area contributed by atoms with E-state index in [4.69, 9.17) is 24.5 Å². The van der Waals surface area contributed by atoms with Crippen LogP contribution in [0.2, 0.25) is 0 Å². The molecule has 0 saturated carbocycles. The van der Waals surface area contributed by atoms with Crippen LogP contribution in [0.25, 0.3) is 0 Å². The van der Waals surface area contributed by atoms with Crippen LogP contribution < -0.4 is 4.74 Å². The summed E-state index contributed by atoms with van der Waals surface area (Å²) in [4.78, 5) is 34.8. The highest BCUT2D eigenvalue weighted by atomic mass is 79.9. The molecule has 0 radical (unpaired) electrons. The zero-order chi connectivity index (χ0) is 22.8. The Balaban J connectivity index is 0.000000501. The molecule has 1 aliphatic rings. The van der Waals surface area contributed by atoms with Gasteiger partial charge in [0.05, 0.1) is 0 Å². The summed E-state index contributed by atoms with van der Waals surface area (Å²) in [5.74, 6) is -2.84. The van der Waals surface area contributed by atoms with Crippen LogP contribution in [0, 0.1) is 6.92 Å². The molecule has 1 saturated heterocycles. The Morgan fingerprint density at radius 3 is 2.19 bits per heavy atom. The number of piperazine rings is 1. The fraction of sp³-hybridized carbons (Fsp3) is 0.318. The molecule has 2 N–H and O–H groups in total. The largest absolute Gasteiger partial charge is 0.484 e. The van der Waals surface area contributed by atoms with Crippen molar-refractivity contribution in [2.75, 3.05) is 32.8 Å². The van der Waals surface area contributed by atoms with Crippen LogP contribution in [0.3, 0.4) is 0 Å². The Morgan fingerprint density at radius 1 is 0.968 bits per heavy atom. The van der Waals surface area contributed by atoms with Gasteiger partial charge in [0.1, 0.15) is 5.75 Å². The molecule has 1 amide bonds. The SMILES string of the molecule is Cc1cccc(OCC(=O)N2CCN(Cc3cccc(Br)c3)CC2)c1.O=C(O)C(=O)O. The lowest BCUT2D eigenvalue weighted by Crippen LogP contribution is -2.49. The zero-order valence-electron chi connectivity index (χ0n) is 17.2. The summed E-state index contributed by atoms with van der Waals surface area (Å²) in [5.41, 5.74) is 2.42. The molecule has 0 aromatic heterocycles. The Labute approximate surface area is 189 Å². The maximum absolute atomic E-state index is 12.3. The van der Waals surface area contributed by atoms with Crippen molar-refractivity contribution in [3.63, 3.8) is 0 Å². The molecule has 8 nitrogen and oxygen atoms in total. The van der Waals surface area contributed by atoms with Gasteiger partial charge in [-0.05, 0) is 42.3 Å². The second kappa shape index (κ2) is 12.1. The first kappa shape index (κ1) is 24.4. The second-order valence-electron chi connectivity index (χ2n) is 7.00. The van der Waals surface area contributed by atoms with E-state index in [1.807, 2.05) is 42.2 Å². The van der Waals surface area contributed by atoms with Gasteiger partial charge in [-0.3, -0.25) is 9.69 Å². The van der Waals surface area contributed by atoms with Crippen LogP contribution in [0.5, 0.6) is 5.75 Å². The molecule has 9 heteroatoms. The number of aryl methyl sites for hydroxylation is 1. The van der Waals surface area contributed by atoms with Crippen molar-refractivity contribution >= 4 is 33.8 Å². The summed E-state index contributed by atoms with van der Waals surface area (Å²) in [6, 6.07) is 16.2. The quantitative estimate of drug-likeness (QED) is 0.617. The Bertz CT molecular complexity index is 900. The summed E-state index contributed by atoms with van der Waals surface area (Å²) < 4.78 is 6.73. The second-order valence-corrected chi connectivity index (χ2v) is 7.92. The molecule has 1 aliphatic heterocycles. The van der Waals surface area contributed by atoms with E-state index in [-0.39, 0.29) is 12.5 Å². The first-order valence-corrected chi connectivity index (χ1v) is 10.4. The molecule has 1 fully saturated rings. The lowest BCUT2D eigenvalue weighted by Gasteiger charge is -2.34. The molecule has 2 aromatic rings. The molecule has 0 aliphatic carbocycles. The van der Waals surface area contributed by atoms with Crippen molar-refractivity contribution in [3.8, 4) is 5.75 Å². The van der Waals surface area contributed by atoms with E-state index < -0.39 is 11.9 Å². The smallest absolute Gasteiger partial charge is 0.414 e. The number of carboxylic acid groups (broad SMARTS) is 2. The molecule has 0 atom stereocenters. The summed E-state index contributed by atoms with van der Waals surface area (Å²) >= 11 is 3.51. The first-order valence-electron chi connectivity index (χ1n) is 9.65. The minimum atomic E-state index is -1.82. The minimum Gasteiger partial charge on any atom is -0.484 e. The van der Waals surface area contributed by atoms with Crippen LogP contribution >= 0.6 is 15.9 Å². The zero-order valence-corrected chi connectivity index (χ0v) is 18.7. The number of carbonyl (C=O) groups is 3. The fourth-order valence-corrected chi connectivity index (χ4v) is 3.44. The van der Waals surface area contributed by atoms with Gasteiger partial charge in [-0.2, -0.15) is 0 Å². The monoisotopic (exact) mass is 492 g/mol. The molecule has 2 aromatic carbocycles. The maximum Gasteiger partial charge on any atom is 0.414 e. The summed E-state index contributed by atoms with van der Waals surface area (Å²) in [5, 5.41) is 14.8. The van der Waals surface area contributed by atoms with Crippen molar-refractivity contribution < 1.29 is 29.3 Å². The van der Waals surface area contributed by atoms with Gasteiger partial charge in [0, 0.05) is 37.2 Å². The Hall–Kier alpha value is -2.91. The van der Waals surface area contributed by atoms with Crippen molar-refractivity contribution in [3.05, 3.63) is 64.1 Å². The van der Waals surface area contributed by atoms with Gasteiger partial charge >= 0.3 is 11.9 Å². The third kappa shape index (κ3) is 8.77. The molecule has 0 unspecified atom stereocenters. The van der Waals surface area contributed by atoms with Crippen LogP contribution in [0.15, 0.2) is 53.0 Å². The number of rotatable bonds is 5. The lowest BCUT2D eigenvalue weighted by molar-refractivity contribution is -0.159. The van der Waals surface area contributed by atoms with Gasteiger partial charge < -0.3 is 19.8 Å². The Morgan fingerprint density at radius 2 is 1.61 bits per heavy atom. The van der Waals surface area contributed by atoms with Crippen molar-refractivity contribution in [2.45, 2.75) is 13.5 Å². The molecular weight excluding hydrogens is 468 g/mol. The number of aliphatic carboxylic acids is 2. The number of hydrogen-bond donors (Lipinski definition) is 2. The topological polar surface area (TPSA) is 107 Å². The third-order valence-corrected chi connectivity index (χ3v) is 5.05. The number of benzene rings is 2. The maximum atomic E-state index is 12.3. The van der Waals surface area contributed by atoms with Gasteiger partial charge in [-0.15, -0.1) is 0 Å². The van der Waals surface area contributed by atoms with Crippen molar-refractivity contribution in [1.82, 2.24) is 9.80 Å². The Kier molecular flexibility index (Phi) is 9.48. The number of carbonyl (C=O) groups excluding carboxylic acids is 1. The van der Waals surface area contributed by atoms with E-state index >= 15 is 0 Å². The molecular formula is C22H25BrN2O6. The summed E-state index contributed by atoms with van der Waals surface area (Å²) in [6.07, 6.45) is 0. The molecule has 166 valence electrons. The molecule has 1 heterocycles. The van der Waals surface area contributed by atoms with Crippen LogP contribution in [0.1, 0.15) is 11.1 Å². The van der Waals surface area contributed by atoms with Crippen LogP contribution in [0.4, 0.5) is 0 Å². The highest BCUT2D eigenvalue weighted by molar-refractivity contribution is 9.10. The van der Waals surface area contributed by atoms with Gasteiger partial charge in [0.2, 0.25) is 0 Å². The van der Waals surface area contributed by atoms with Crippen LogP contribution in [-0.2, 0) is 20.9 Å². The van der Waals surface area contributed by atoms with Crippen LogP contribution in [-0.4, -0.2) is 70.6 Å². The molecule has 0 bridgehead atoms. The molecule has 31 heavy (non-hydrogen) atoms. The average Bonchev–Trinajstić information content (AvgIpc) is 2.73. The number of amides is 1. The van der Waals surface area contributed by atoms with E-state index in [1.54, 1.807) is 0 Å². The lowest BCUT2D eigenvalue weighted by atomic mass is 10.2. The number of ether oxygens (including phenoxy) is 1. The predicted octanol–water partition coefficient (Wildman–Crippen LogP) is 2.64. The molecule has 0 spiro atoms. The normalized spacial score (nSPS) is 13.7. The van der Waals surface area contributed by atoms with E-state index in [2.05, 4.69) is 39.0 Å². The predicted molar refractivity (Wildman–Crippen MR) is 118 cm³/mol.